The second-order valence-electron chi connectivity index (χ2n) is 6.87. The van der Waals surface area contributed by atoms with Gasteiger partial charge < -0.3 is 10.5 Å². The molecule has 1 aromatic rings. The smallest absolute Gasteiger partial charge is 0.0586 e. The number of rotatable bonds is 5. The van der Waals surface area contributed by atoms with E-state index >= 15 is 0 Å². The van der Waals surface area contributed by atoms with Crippen LogP contribution in [0.5, 0.6) is 0 Å². The Morgan fingerprint density at radius 1 is 1.26 bits per heavy atom. The van der Waals surface area contributed by atoms with E-state index in [0.717, 1.165) is 19.6 Å². The van der Waals surface area contributed by atoms with Crippen LogP contribution in [0.25, 0.3) is 0 Å². The molecule has 0 aromatic heterocycles. The van der Waals surface area contributed by atoms with Gasteiger partial charge in [0.05, 0.1) is 13.2 Å². The fourth-order valence-corrected chi connectivity index (χ4v) is 2.99. The zero-order valence-electron chi connectivity index (χ0n) is 12.7. The van der Waals surface area contributed by atoms with Gasteiger partial charge in [0, 0.05) is 11.0 Å². The Balaban J connectivity index is 2.20. The maximum absolute atomic E-state index is 6.21. The van der Waals surface area contributed by atoms with Crippen LogP contribution in [0, 0.1) is 0 Å². The van der Waals surface area contributed by atoms with Gasteiger partial charge in [-0.1, -0.05) is 38.1 Å². The van der Waals surface area contributed by atoms with Crippen LogP contribution in [0.4, 0.5) is 0 Å². The van der Waals surface area contributed by atoms with Crippen LogP contribution in [0.2, 0.25) is 0 Å². The van der Waals surface area contributed by atoms with E-state index in [-0.39, 0.29) is 11.0 Å². The first kappa shape index (κ1) is 14.5. The SMILES string of the molecule is CCC(C)c1ccc(C2(CC(C)(C)N)COC2)cc1. The summed E-state index contributed by atoms with van der Waals surface area (Å²) in [4.78, 5) is 0. The third-order valence-corrected chi connectivity index (χ3v) is 4.26. The monoisotopic (exact) mass is 261 g/mol. The number of ether oxygens (including phenoxy) is 1. The second-order valence-corrected chi connectivity index (χ2v) is 6.87. The molecule has 0 saturated carbocycles. The van der Waals surface area contributed by atoms with Crippen molar-refractivity contribution in [3.8, 4) is 0 Å². The molecular weight excluding hydrogens is 234 g/mol. The van der Waals surface area contributed by atoms with Gasteiger partial charge in [-0.3, -0.25) is 0 Å². The first-order valence-electron chi connectivity index (χ1n) is 7.33. The van der Waals surface area contributed by atoms with E-state index in [4.69, 9.17) is 10.5 Å². The molecule has 2 rings (SSSR count). The summed E-state index contributed by atoms with van der Waals surface area (Å²) in [7, 11) is 0. The highest BCUT2D eigenvalue weighted by molar-refractivity contribution is 5.33. The van der Waals surface area contributed by atoms with E-state index in [1.165, 1.54) is 17.5 Å². The van der Waals surface area contributed by atoms with Crippen molar-refractivity contribution in [1.29, 1.82) is 0 Å². The predicted molar refractivity (Wildman–Crippen MR) is 80.5 cm³/mol. The van der Waals surface area contributed by atoms with Crippen LogP contribution in [0.1, 0.15) is 57.6 Å². The molecule has 0 amide bonds. The fraction of sp³-hybridized carbons (Fsp3) is 0.647. The van der Waals surface area contributed by atoms with Crippen LogP contribution < -0.4 is 5.73 Å². The zero-order chi connectivity index (χ0) is 14.1. The molecule has 1 atom stereocenters. The molecule has 1 aromatic carbocycles. The maximum Gasteiger partial charge on any atom is 0.0586 e. The molecule has 0 bridgehead atoms. The number of hydrogen-bond acceptors (Lipinski definition) is 2. The molecule has 1 unspecified atom stereocenters. The predicted octanol–water partition coefficient (Wildman–Crippen LogP) is 3.60. The molecular formula is C17H27NO. The van der Waals surface area contributed by atoms with Gasteiger partial charge in [0.25, 0.3) is 0 Å². The average Bonchev–Trinajstić information content (AvgIpc) is 2.32. The largest absolute Gasteiger partial charge is 0.379 e. The van der Waals surface area contributed by atoms with Crippen molar-refractivity contribution >= 4 is 0 Å². The molecule has 1 fully saturated rings. The number of hydrogen-bond donors (Lipinski definition) is 1. The Bertz CT molecular complexity index is 412. The molecule has 2 N–H and O–H groups in total. The Labute approximate surface area is 117 Å². The first-order valence-corrected chi connectivity index (χ1v) is 7.33. The molecule has 2 nitrogen and oxygen atoms in total. The lowest BCUT2D eigenvalue weighted by Gasteiger charge is -2.45. The molecule has 1 heterocycles. The highest BCUT2D eigenvalue weighted by Gasteiger charge is 2.43. The standard InChI is InChI=1S/C17H27NO/c1-5-13(2)14-6-8-15(9-7-14)17(11-19-12-17)10-16(3,4)18/h6-9,13H,5,10-12,18H2,1-4H3. The number of nitrogens with two attached hydrogens (primary N) is 1. The summed E-state index contributed by atoms with van der Waals surface area (Å²) in [6.07, 6.45) is 2.16. The van der Waals surface area contributed by atoms with E-state index < -0.39 is 0 Å². The van der Waals surface area contributed by atoms with Gasteiger partial charge in [-0.2, -0.15) is 0 Å². The van der Waals surface area contributed by atoms with Crippen molar-refractivity contribution in [3.05, 3.63) is 35.4 Å². The summed E-state index contributed by atoms with van der Waals surface area (Å²) in [6.45, 7) is 10.3. The zero-order valence-corrected chi connectivity index (χ0v) is 12.7. The van der Waals surface area contributed by atoms with Gasteiger partial charge in [-0.25, -0.2) is 0 Å². The molecule has 2 heteroatoms. The quantitative estimate of drug-likeness (QED) is 0.879. The molecule has 0 radical (unpaired) electrons. The molecule has 19 heavy (non-hydrogen) atoms. The minimum absolute atomic E-state index is 0.131. The van der Waals surface area contributed by atoms with Crippen LogP contribution >= 0.6 is 0 Å². The van der Waals surface area contributed by atoms with E-state index in [1.807, 2.05) is 0 Å². The van der Waals surface area contributed by atoms with Gasteiger partial charge in [0.1, 0.15) is 0 Å². The van der Waals surface area contributed by atoms with Crippen molar-refractivity contribution in [1.82, 2.24) is 0 Å². The minimum atomic E-state index is -0.154. The Hall–Kier alpha value is -0.860. The van der Waals surface area contributed by atoms with Crippen molar-refractivity contribution in [2.45, 2.75) is 57.4 Å². The Morgan fingerprint density at radius 2 is 1.84 bits per heavy atom. The third kappa shape index (κ3) is 3.18. The lowest BCUT2D eigenvalue weighted by molar-refractivity contribution is -0.0719. The first-order chi connectivity index (χ1) is 8.86. The summed E-state index contributed by atoms with van der Waals surface area (Å²) in [5.41, 5.74) is 8.99. The van der Waals surface area contributed by atoms with Gasteiger partial charge in [-0.05, 0) is 43.7 Å². The maximum atomic E-state index is 6.21. The summed E-state index contributed by atoms with van der Waals surface area (Å²) in [6, 6.07) is 9.09. The molecule has 0 spiro atoms. The molecule has 1 saturated heterocycles. The fourth-order valence-electron chi connectivity index (χ4n) is 2.99. The lowest BCUT2D eigenvalue weighted by Crippen LogP contribution is -2.53. The van der Waals surface area contributed by atoms with Gasteiger partial charge in [0.2, 0.25) is 0 Å². The van der Waals surface area contributed by atoms with Crippen molar-refractivity contribution in [2.24, 2.45) is 5.73 Å². The summed E-state index contributed by atoms with van der Waals surface area (Å²) < 4.78 is 5.48. The van der Waals surface area contributed by atoms with Crippen LogP contribution in [-0.4, -0.2) is 18.8 Å². The normalized spacial score (nSPS) is 19.8. The van der Waals surface area contributed by atoms with Crippen LogP contribution in [-0.2, 0) is 10.2 Å². The van der Waals surface area contributed by atoms with Crippen molar-refractivity contribution < 1.29 is 4.74 Å². The van der Waals surface area contributed by atoms with Crippen LogP contribution in [0.3, 0.4) is 0 Å². The Kier molecular flexibility index (Phi) is 4.03. The summed E-state index contributed by atoms with van der Waals surface area (Å²) in [5.74, 6) is 0.633. The van der Waals surface area contributed by atoms with E-state index in [0.29, 0.717) is 5.92 Å². The number of benzene rings is 1. The van der Waals surface area contributed by atoms with Gasteiger partial charge in [-0.15, -0.1) is 0 Å². The van der Waals surface area contributed by atoms with E-state index in [9.17, 15) is 0 Å². The van der Waals surface area contributed by atoms with Gasteiger partial charge in [0.15, 0.2) is 0 Å². The molecule has 106 valence electrons. The van der Waals surface area contributed by atoms with Crippen molar-refractivity contribution in [2.75, 3.05) is 13.2 Å². The van der Waals surface area contributed by atoms with Crippen molar-refractivity contribution in [3.63, 3.8) is 0 Å². The highest BCUT2D eigenvalue weighted by atomic mass is 16.5. The average molecular weight is 261 g/mol. The molecule has 1 aliphatic heterocycles. The second kappa shape index (κ2) is 5.26. The summed E-state index contributed by atoms with van der Waals surface area (Å²) >= 11 is 0. The molecule has 0 aliphatic carbocycles. The van der Waals surface area contributed by atoms with E-state index in [1.54, 1.807) is 0 Å². The lowest BCUT2D eigenvalue weighted by atomic mass is 9.70. The third-order valence-electron chi connectivity index (χ3n) is 4.26. The van der Waals surface area contributed by atoms with Gasteiger partial charge >= 0.3 is 0 Å². The topological polar surface area (TPSA) is 35.2 Å². The Morgan fingerprint density at radius 3 is 2.21 bits per heavy atom. The highest BCUT2D eigenvalue weighted by Crippen LogP contribution is 2.39. The molecule has 1 aliphatic rings. The summed E-state index contributed by atoms with van der Waals surface area (Å²) in [5, 5.41) is 0. The minimum Gasteiger partial charge on any atom is -0.379 e. The van der Waals surface area contributed by atoms with E-state index in [2.05, 4.69) is 52.0 Å². The van der Waals surface area contributed by atoms with Crippen LogP contribution in [0.15, 0.2) is 24.3 Å².